The number of furan rings is 1. The molecule has 0 unspecified atom stereocenters. The summed E-state index contributed by atoms with van der Waals surface area (Å²) in [6.07, 6.45) is 1.02. The Bertz CT molecular complexity index is 447. The molecule has 1 amide bonds. The van der Waals surface area contributed by atoms with Crippen LogP contribution in [0.5, 0.6) is 0 Å². The third-order valence-electron chi connectivity index (χ3n) is 1.28. The second kappa shape index (κ2) is 3.57. The first-order chi connectivity index (χ1) is 6.74. The number of nitrogens with one attached hydrogen (secondary N) is 1. The van der Waals surface area contributed by atoms with Crippen LogP contribution in [0.25, 0.3) is 0 Å². The summed E-state index contributed by atoms with van der Waals surface area (Å²) in [7, 11) is -5.68. The van der Waals surface area contributed by atoms with E-state index in [2.05, 4.69) is 4.42 Å². The molecule has 0 saturated carbocycles. The zero-order chi connectivity index (χ0) is 11.7. The summed E-state index contributed by atoms with van der Waals surface area (Å²) in [5.74, 6) is -2.00. The topological polar surface area (TPSA) is 76.4 Å². The fraction of sp³-hybridized carbons (Fsp3) is 0.167. The van der Waals surface area contributed by atoms with Crippen molar-refractivity contribution >= 4 is 15.9 Å². The minimum atomic E-state index is -5.68. The van der Waals surface area contributed by atoms with Crippen LogP contribution in [0.15, 0.2) is 22.8 Å². The lowest BCUT2D eigenvalue weighted by molar-refractivity contribution is -0.0446. The van der Waals surface area contributed by atoms with Crippen molar-refractivity contribution in [1.82, 2.24) is 4.72 Å². The van der Waals surface area contributed by atoms with Crippen LogP contribution >= 0.6 is 0 Å². The van der Waals surface area contributed by atoms with Gasteiger partial charge in [-0.1, -0.05) is 0 Å². The van der Waals surface area contributed by atoms with E-state index in [0.717, 1.165) is 17.1 Å². The van der Waals surface area contributed by atoms with E-state index >= 15 is 0 Å². The Balaban J connectivity index is 2.85. The van der Waals surface area contributed by atoms with Crippen LogP contribution in [-0.2, 0) is 10.0 Å². The maximum Gasteiger partial charge on any atom is 0.516 e. The molecule has 84 valence electrons. The van der Waals surface area contributed by atoms with E-state index in [1.54, 1.807) is 0 Å². The van der Waals surface area contributed by atoms with Crippen molar-refractivity contribution in [3.63, 3.8) is 0 Å². The van der Waals surface area contributed by atoms with Gasteiger partial charge in [-0.05, 0) is 12.1 Å². The molecule has 0 aliphatic carbocycles. The predicted molar refractivity (Wildman–Crippen MR) is 41.1 cm³/mol. The quantitative estimate of drug-likeness (QED) is 0.835. The summed E-state index contributed by atoms with van der Waals surface area (Å²) in [5, 5.41) is 0. The van der Waals surface area contributed by atoms with Crippen LogP contribution < -0.4 is 4.72 Å². The van der Waals surface area contributed by atoms with Crippen molar-refractivity contribution in [3.8, 4) is 0 Å². The summed E-state index contributed by atoms with van der Waals surface area (Å²) < 4.78 is 61.5. The molecule has 1 N–H and O–H groups in total. The van der Waals surface area contributed by atoms with Gasteiger partial charge in [0, 0.05) is 0 Å². The Labute approximate surface area is 81.9 Å². The van der Waals surface area contributed by atoms with Crippen LogP contribution in [-0.4, -0.2) is 19.8 Å². The smallest absolute Gasteiger partial charge is 0.459 e. The standard InChI is InChI=1S/C6H4F3NO4S/c7-6(8,9)15(12,13)10-5(11)4-2-1-3-14-4/h1-3H,(H,10,11). The van der Waals surface area contributed by atoms with Crippen LogP contribution in [0.1, 0.15) is 10.6 Å². The Morgan fingerprint density at radius 1 is 1.40 bits per heavy atom. The third-order valence-corrected chi connectivity index (χ3v) is 2.34. The van der Waals surface area contributed by atoms with E-state index < -0.39 is 27.2 Å². The monoisotopic (exact) mass is 243 g/mol. The Hall–Kier alpha value is -1.51. The maximum absolute atomic E-state index is 11.8. The van der Waals surface area contributed by atoms with E-state index in [-0.39, 0.29) is 0 Å². The van der Waals surface area contributed by atoms with Crippen molar-refractivity contribution < 1.29 is 30.8 Å². The number of sulfonamides is 1. The second-order valence-electron chi connectivity index (χ2n) is 2.36. The molecule has 0 fully saturated rings. The van der Waals surface area contributed by atoms with Gasteiger partial charge in [0.1, 0.15) is 0 Å². The molecule has 0 atom stereocenters. The molecular weight excluding hydrogens is 239 g/mol. The van der Waals surface area contributed by atoms with Crippen molar-refractivity contribution in [2.24, 2.45) is 0 Å². The van der Waals surface area contributed by atoms with Gasteiger partial charge in [-0.25, -0.2) is 4.72 Å². The summed E-state index contributed by atoms with van der Waals surface area (Å²) in [4.78, 5) is 10.9. The molecule has 15 heavy (non-hydrogen) atoms. The molecule has 0 aliphatic rings. The van der Waals surface area contributed by atoms with Gasteiger partial charge in [-0.3, -0.25) is 4.79 Å². The number of hydrogen-bond donors (Lipinski definition) is 1. The molecule has 5 nitrogen and oxygen atoms in total. The normalized spacial score (nSPS) is 12.5. The lowest BCUT2D eigenvalue weighted by Crippen LogP contribution is -2.40. The van der Waals surface area contributed by atoms with E-state index in [4.69, 9.17) is 0 Å². The molecule has 9 heteroatoms. The van der Waals surface area contributed by atoms with Gasteiger partial charge in [0.25, 0.3) is 0 Å². The zero-order valence-corrected chi connectivity index (χ0v) is 7.72. The van der Waals surface area contributed by atoms with E-state index in [1.165, 1.54) is 6.07 Å². The number of carbonyl (C=O) groups excluding carboxylic acids is 1. The van der Waals surface area contributed by atoms with Crippen LogP contribution in [0.4, 0.5) is 13.2 Å². The summed E-state index contributed by atoms with van der Waals surface area (Å²) in [5.41, 5.74) is -5.53. The third kappa shape index (κ3) is 2.49. The summed E-state index contributed by atoms with van der Waals surface area (Å²) in [6, 6.07) is 2.26. The molecule has 1 aromatic heterocycles. The largest absolute Gasteiger partial charge is 0.516 e. The fourth-order valence-electron chi connectivity index (χ4n) is 0.638. The molecule has 0 saturated heterocycles. The molecule has 1 rings (SSSR count). The molecule has 0 bridgehead atoms. The minimum Gasteiger partial charge on any atom is -0.459 e. The average Bonchev–Trinajstić information content (AvgIpc) is 2.51. The van der Waals surface area contributed by atoms with Crippen molar-refractivity contribution in [2.45, 2.75) is 5.51 Å². The van der Waals surface area contributed by atoms with Gasteiger partial charge in [0.15, 0.2) is 5.76 Å². The fourth-order valence-corrected chi connectivity index (χ4v) is 1.10. The van der Waals surface area contributed by atoms with Gasteiger partial charge in [0.05, 0.1) is 6.26 Å². The number of halogens is 3. The van der Waals surface area contributed by atoms with Gasteiger partial charge < -0.3 is 4.42 Å². The molecule has 1 heterocycles. The van der Waals surface area contributed by atoms with Crippen LogP contribution in [0.2, 0.25) is 0 Å². The lowest BCUT2D eigenvalue weighted by atomic mass is 10.4. The Morgan fingerprint density at radius 2 is 2.00 bits per heavy atom. The highest BCUT2D eigenvalue weighted by molar-refractivity contribution is 7.90. The highest BCUT2D eigenvalue weighted by Crippen LogP contribution is 2.21. The molecular formula is C6H4F3NO4S. The average molecular weight is 243 g/mol. The summed E-state index contributed by atoms with van der Waals surface area (Å²) in [6.45, 7) is 0. The number of hydrogen-bond acceptors (Lipinski definition) is 4. The lowest BCUT2D eigenvalue weighted by Gasteiger charge is -2.07. The highest BCUT2D eigenvalue weighted by Gasteiger charge is 2.47. The van der Waals surface area contributed by atoms with Crippen LogP contribution in [0, 0.1) is 0 Å². The molecule has 0 aromatic carbocycles. The van der Waals surface area contributed by atoms with Gasteiger partial charge >= 0.3 is 21.4 Å². The van der Waals surface area contributed by atoms with Gasteiger partial charge in [0.2, 0.25) is 0 Å². The van der Waals surface area contributed by atoms with Crippen LogP contribution in [0.3, 0.4) is 0 Å². The molecule has 0 radical (unpaired) electrons. The number of carbonyl (C=O) groups is 1. The molecule has 1 aromatic rings. The second-order valence-corrected chi connectivity index (χ2v) is 4.03. The van der Waals surface area contributed by atoms with Crippen molar-refractivity contribution in [2.75, 3.05) is 0 Å². The number of rotatable bonds is 2. The number of amides is 1. The van der Waals surface area contributed by atoms with Crippen molar-refractivity contribution in [1.29, 1.82) is 0 Å². The first-order valence-electron chi connectivity index (χ1n) is 3.41. The van der Waals surface area contributed by atoms with Crippen molar-refractivity contribution in [3.05, 3.63) is 24.2 Å². The first kappa shape index (κ1) is 11.6. The van der Waals surface area contributed by atoms with E-state index in [1.807, 2.05) is 0 Å². The Morgan fingerprint density at radius 3 is 2.40 bits per heavy atom. The molecule has 0 spiro atoms. The van der Waals surface area contributed by atoms with Gasteiger partial charge in [-0.2, -0.15) is 21.6 Å². The summed E-state index contributed by atoms with van der Waals surface area (Å²) >= 11 is 0. The first-order valence-corrected chi connectivity index (χ1v) is 4.89. The van der Waals surface area contributed by atoms with E-state index in [9.17, 15) is 26.4 Å². The van der Waals surface area contributed by atoms with Gasteiger partial charge in [-0.15, -0.1) is 0 Å². The minimum absolute atomic E-state index is 0.525. The Kier molecular flexibility index (Phi) is 2.75. The zero-order valence-electron chi connectivity index (χ0n) is 6.91. The maximum atomic E-state index is 11.8. The van der Waals surface area contributed by atoms with E-state index in [0.29, 0.717) is 0 Å². The molecule has 0 aliphatic heterocycles. The highest BCUT2D eigenvalue weighted by atomic mass is 32.2. The number of alkyl halides is 3. The SMILES string of the molecule is O=C(NS(=O)(=O)C(F)(F)F)c1ccco1. The predicted octanol–water partition coefficient (Wildman–Crippen LogP) is 0.859.